The molecule has 3 saturated carbocycles. The van der Waals surface area contributed by atoms with Crippen LogP contribution in [-0.2, 0) is 9.84 Å². The van der Waals surface area contributed by atoms with Gasteiger partial charge in [0.2, 0.25) is 0 Å². The summed E-state index contributed by atoms with van der Waals surface area (Å²) in [4.78, 5) is 0. The van der Waals surface area contributed by atoms with Crippen LogP contribution in [0.1, 0.15) is 72.1 Å². The Morgan fingerprint density at radius 1 is 1.13 bits per heavy atom. The van der Waals surface area contributed by atoms with Crippen LogP contribution in [0.4, 0.5) is 0 Å². The van der Waals surface area contributed by atoms with Gasteiger partial charge in [-0.2, -0.15) is 0 Å². The van der Waals surface area contributed by atoms with Gasteiger partial charge in [-0.3, -0.25) is 0 Å². The Morgan fingerprint density at radius 2 is 1.87 bits per heavy atom. The van der Waals surface area contributed by atoms with Gasteiger partial charge in [0.15, 0.2) is 9.84 Å². The Bertz CT molecular complexity index is 848. The summed E-state index contributed by atoms with van der Waals surface area (Å²) in [6.07, 6.45) is 18.2. The first-order valence-electron chi connectivity index (χ1n) is 11.7. The maximum absolute atomic E-state index is 11.8. The third-order valence-corrected chi connectivity index (χ3v) is 9.73. The molecule has 6 atom stereocenters. The summed E-state index contributed by atoms with van der Waals surface area (Å²) in [6.45, 7) is 10.7. The molecular weight excluding hydrogens is 392 g/mol. The zero-order chi connectivity index (χ0) is 22.1. The minimum Gasteiger partial charge on any atom is -0.393 e. The zero-order valence-electron chi connectivity index (χ0n) is 19.2. The molecule has 3 nitrogen and oxygen atoms in total. The van der Waals surface area contributed by atoms with Crippen molar-refractivity contribution in [2.75, 3.05) is 6.26 Å². The maximum Gasteiger partial charge on any atom is 0.153 e. The molecule has 0 radical (unpaired) electrons. The summed E-state index contributed by atoms with van der Waals surface area (Å²) in [5, 5.41) is 9.60. The lowest BCUT2D eigenvalue weighted by molar-refractivity contribution is 0.112. The van der Waals surface area contributed by atoms with Gasteiger partial charge in [0, 0.05) is 6.26 Å². The number of sulfone groups is 1. The number of aliphatic hydroxyl groups excluding tert-OH is 1. The highest BCUT2D eigenvalue weighted by molar-refractivity contribution is 7.91. The third-order valence-electron chi connectivity index (χ3n) is 8.22. The molecule has 0 aromatic carbocycles. The molecule has 1 unspecified atom stereocenters. The average molecular weight is 433 g/mol. The first-order chi connectivity index (χ1) is 14.0. The van der Waals surface area contributed by atoms with Gasteiger partial charge in [-0.15, -0.1) is 0 Å². The zero-order valence-corrected chi connectivity index (χ0v) is 20.0. The molecule has 0 saturated heterocycles. The SMILES string of the molecule is C=C1CC[C@H](O)C/C1=C/C=C1\CCC[C@]2(C)C([C@@H](C)/C=C/[C@@H](C)S(C)(=O)=O)CC[C@@H]12. The molecule has 1 N–H and O–H groups in total. The molecule has 3 fully saturated rings. The highest BCUT2D eigenvalue weighted by Crippen LogP contribution is 2.59. The number of hydrogen-bond donors (Lipinski definition) is 1. The quantitative estimate of drug-likeness (QED) is 0.560. The normalized spacial score (nSPS) is 37.6. The summed E-state index contributed by atoms with van der Waals surface area (Å²) >= 11 is 0. The van der Waals surface area contributed by atoms with Gasteiger partial charge >= 0.3 is 0 Å². The van der Waals surface area contributed by atoms with Gasteiger partial charge in [-0.1, -0.05) is 55.9 Å². The van der Waals surface area contributed by atoms with Gasteiger partial charge in [0.25, 0.3) is 0 Å². The fourth-order valence-electron chi connectivity index (χ4n) is 6.15. The molecule has 0 aromatic rings. The highest BCUT2D eigenvalue weighted by atomic mass is 32.2. The van der Waals surface area contributed by atoms with Crippen LogP contribution in [0.25, 0.3) is 0 Å². The number of fused-ring (bicyclic) bond motifs is 1. The number of allylic oxidation sites excluding steroid dienone is 5. The molecule has 4 heteroatoms. The lowest BCUT2D eigenvalue weighted by Crippen LogP contribution is -2.35. The molecule has 0 amide bonds. The number of hydrogen-bond acceptors (Lipinski definition) is 3. The molecule has 3 rings (SSSR count). The number of rotatable bonds is 5. The Labute approximate surface area is 184 Å². The predicted molar refractivity (Wildman–Crippen MR) is 126 cm³/mol. The van der Waals surface area contributed by atoms with E-state index in [1.54, 1.807) is 12.5 Å². The van der Waals surface area contributed by atoms with Crippen LogP contribution < -0.4 is 0 Å². The summed E-state index contributed by atoms with van der Waals surface area (Å²) in [5.41, 5.74) is 4.24. The first kappa shape index (κ1) is 23.5. The van der Waals surface area contributed by atoms with Crippen molar-refractivity contribution in [1.29, 1.82) is 0 Å². The van der Waals surface area contributed by atoms with E-state index in [0.29, 0.717) is 17.8 Å². The molecule has 3 aliphatic rings. The predicted octanol–water partition coefficient (Wildman–Crippen LogP) is 5.78. The Balaban J connectivity index is 1.76. The topological polar surface area (TPSA) is 54.4 Å². The second-order valence-corrected chi connectivity index (χ2v) is 12.7. The second kappa shape index (κ2) is 9.16. The van der Waals surface area contributed by atoms with E-state index in [2.05, 4.69) is 38.7 Å². The molecule has 0 bridgehead atoms. The van der Waals surface area contributed by atoms with E-state index in [1.165, 1.54) is 49.5 Å². The highest BCUT2D eigenvalue weighted by Gasteiger charge is 2.50. The standard InChI is InChI=1S/C26H40O3S/c1-18-9-13-23(27)17-22(18)12-11-21-7-6-16-26(4)24(14-15-25(21)26)19(2)8-10-20(3)30(5,28)29/h8,10-12,19-20,23-25,27H,1,6-7,9,13-17H2,2-5H3/b10-8+,21-11+,22-12-/t19-,20+,23-,24?,25-,26+/m0/s1. The molecule has 168 valence electrons. The van der Waals surface area contributed by atoms with Crippen molar-refractivity contribution in [2.45, 2.75) is 83.5 Å². The first-order valence-corrected chi connectivity index (χ1v) is 13.6. The van der Waals surface area contributed by atoms with Gasteiger partial charge in [0.05, 0.1) is 11.4 Å². The van der Waals surface area contributed by atoms with Crippen LogP contribution in [0, 0.1) is 23.2 Å². The van der Waals surface area contributed by atoms with Crippen molar-refractivity contribution >= 4 is 9.84 Å². The van der Waals surface area contributed by atoms with Crippen molar-refractivity contribution < 1.29 is 13.5 Å². The molecule has 0 spiro atoms. The van der Waals surface area contributed by atoms with E-state index in [4.69, 9.17) is 0 Å². The fraction of sp³-hybridized carbons (Fsp3) is 0.692. The summed E-state index contributed by atoms with van der Waals surface area (Å²) in [5.74, 6) is 1.58. The summed E-state index contributed by atoms with van der Waals surface area (Å²) in [7, 11) is -3.02. The third kappa shape index (κ3) is 5.02. The van der Waals surface area contributed by atoms with Crippen LogP contribution in [0.2, 0.25) is 0 Å². The Hall–Kier alpha value is -1.13. The van der Waals surface area contributed by atoms with Crippen molar-refractivity contribution in [2.24, 2.45) is 23.2 Å². The summed E-state index contributed by atoms with van der Waals surface area (Å²) in [6, 6.07) is 0. The average Bonchev–Trinajstić information content (AvgIpc) is 3.03. The van der Waals surface area contributed by atoms with Gasteiger partial charge in [-0.05, 0) is 87.0 Å². The molecule has 3 aliphatic carbocycles. The van der Waals surface area contributed by atoms with Crippen molar-refractivity contribution in [3.8, 4) is 0 Å². The van der Waals surface area contributed by atoms with Gasteiger partial charge in [-0.25, -0.2) is 8.42 Å². The van der Waals surface area contributed by atoms with Crippen LogP contribution >= 0.6 is 0 Å². The molecule has 30 heavy (non-hydrogen) atoms. The number of aliphatic hydroxyl groups is 1. The lowest BCUT2D eigenvalue weighted by atomic mass is 9.61. The maximum atomic E-state index is 11.8. The molecule has 0 heterocycles. The van der Waals surface area contributed by atoms with E-state index in [-0.39, 0.29) is 11.5 Å². The van der Waals surface area contributed by atoms with E-state index in [9.17, 15) is 13.5 Å². The van der Waals surface area contributed by atoms with E-state index >= 15 is 0 Å². The fourth-order valence-corrected chi connectivity index (χ4v) is 6.52. The van der Waals surface area contributed by atoms with E-state index < -0.39 is 15.1 Å². The van der Waals surface area contributed by atoms with Crippen LogP contribution in [0.5, 0.6) is 0 Å². The van der Waals surface area contributed by atoms with Gasteiger partial charge < -0.3 is 5.11 Å². The molecular formula is C26H40O3S. The Kier molecular flexibility index (Phi) is 7.18. The molecule has 0 aliphatic heterocycles. The van der Waals surface area contributed by atoms with Crippen LogP contribution in [-0.4, -0.2) is 31.1 Å². The van der Waals surface area contributed by atoms with Crippen molar-refractivity contribution in [1.82, 2.24) is 0 Å². The van der Waals surface area contributed by atoms with Crippen LogP contribution in [0.3, 0.4) is 0 Å². The van der Waals surface area contributed by atoms with E-state index in [1.807, 2.05) is 6.08 Å². The van der Waals surface area contributed by atoms with E-state index in [0.717, 1.165) is 19.3 Å². The lowest BCUT2D eigenvalue weighted by Gasteiger charge is -2.44. The minimum absolute atomic E-state index is 0.227. The van der Waals surface area contributed by atoms with Crippen molar-refractivity contribution in [3.63, 3.8) is 0 Å². The smallest absolute Gasteiger partial charge is 0.153 e. The van der Waals surface area contributed by atoms with Crippen LogP contribution in [0.15, 0.2) is 47.6 Å². The minimum atomic E-state index is -3.02. The molecule has 0 aromatic heterocycles. The van der Waals surface area contributed by atoms with Gasteiger partial charge in [0.1, 0.15) is 0 Å². The summed E-state index contributed by atoms with van der Waals surface area (Å²) < 4.78 is 23.5. The second-order valence-electron chi connectivity index (χ2n) is 10.3. The monoisotopic (exact) mass is 432 g/mol. The Morgan fingerprint density at radius 3 is 2.57 bits per heavy atom. The van der Waals surface area contributed by atoms with Crippen molar-refractivity contribution in [3.05, 3.63) is 47.6 Å². The largest absolute Gasteiger partial charge is 0.393 e.